The standard InChI is InChI=1S/C20H20N2O3S.ClH/c1-15-5-2-3-7-18(15)21-10-12-22(13-11-21)20(23)17-6-4-8-19-16(17)9-14-26(19,24)25;/h2-9,14H,10-13H2,1H3;1H. The van der Waals surface area contributed by atoms with E-state index in [1.807, 2.05) is 17.0 Å². The smallest absolute Gasteiger partial charge is 0.254 e. The molecule has 27 heavy (non-hydrogen) atoms. The number of hydrogen-bond acceptors (Lipinski definition) is 4. The summed E-state index contributed by atoms with van der Waals surface area (Å²) >= 11 is 0. The molecule has 1 fully saturated rings. The highest BCUT2D eigenvalue weighted by molar-refractivity contribution is 7.94. The van der Waals surface area contributed by atoms with Crippen LogP contribution in [0.1, 0.15) is 21.5 Å². The van der Waals surface area contributed by atoms with Gasteiger partial charge in [-0.1, -0.05) is 24.3 Å². The van der Waals surface area contributed by atoms with E-state index >= 15 is 0 Å². The molecule has 142 valence electrons. The van der Waals surface area contributed by atoms with Gasteiger partial charge in [0, 0.05) is 48.4 Å². The maximum Gasteiger partial charge on any atom is 0.254 e. The number of aryl methyl sites for hydroxylation is 1. The fraction of sp³-hybridized carbons (Fsp3) is 0.250. The van der Waals surface area contributed by atoms with Gasteiger partial charge in [-0.05, 0) is 36.8 Å². The van der Waals surface area contributed by atoms with Gasteiger partial charge in [-0.2, -0.15) is 0 Å². The molecule has 2 aromatic rings. The van der Waals surface area contributed by atoms with Crippen molar-refractivity contribution in [2.24, 2.45) is 0 Å². The van der Waals surface area contributed by atoms with Crippen molar-refractivity contribution < 1.29 is 13.2 Å². The first kappa shape index (κ1) is 19.5. The zero-order valence-electron chi connectivity index (χ0n) is 15.0. The van der Waals surface area contributed by atoms with Gasteiger partial charge in [0.2, 0.25) is 0 Å². The Kier molecular flexibility index (Phi) is 5.31. The molecule has 5 nitrogen and oxygen atoms in total. The monoisotopic (exact) mass is 404 g/mol. The highest BCUT2D eigenvalue weighted by Crippen LogP contribution is 2.30. The molecule has 0 radical (unpaired) electrons. The lowest BCUT2D eigenvalue weighted by Gasteiger charge is -2.37. The van der Waals surface area contributed by atoms with E-state index in [9.17, 15) is 13.2 Å². The van der Waals surface area contributed by atoms with E-state index in [0.717, 1.165) is 13.1 Å². The number of sulfone groups is 1. The molecule has 2 heterocycles. The van der Waals surface area contributed by atoms with E-state index < -0.39 is 9.84 Å². The first-order valence-corrected chi connectivity index (χ1v) is 10.2. The fourth-order valence-electron chi connectivity index (χ4n) is 3.62. The number of fused-ring (bicyclic) bond motifs is 1. The lowest BCUT2D eigenvalue weighted by molar-refractivity contribution is 0.0746. The molecule has 0 aliphatic carbocycles. The van der Waals surface area contributed by atoms with Crippen molar-refractivity contribution in [2.45, 2.75) is 11.8 Å². The molecule has 2 aliphatic heterocycles. The molecule has 0 saturated carbocycles. The Morgan fingerprint density at radius 2 is 1.67 bits per heavy atom. The molecule has 2 aromatic carbocycles. The number of nitrogens with zero attached hydrogens (tertiary/aromatic N) is 2. The maximum atomic E-state index is 13.0. The Balaban J connectivity index is 0.00000210. The van der Waals surface area contributed by atoms with E-state index in [0.29, 0.717) is 24.2 Å². The number of rotatable bonds is 2. The largest absolute Gasteiger partial charge is 0.368 e. The van der Waals surface area contributed by atoms with Crippen LogP contribution in [-0.2, 0) is 9.84 Å². The second-order valence-corrected chi connectivity index (χ2v) is 8.43. The van der Waals surface area contributed by atoms with E-state index in [1.165, 1.54) is 22.7 Å². The third kappa shape index (κ3) is 3.47. The number of anilines is 1. The van der Waals surface area contributed by atoms with Crippen LogP contribution in [0.5, 0.6) is 0 Å². The minimum absolute atomic E-state index is 0. The van der Waals surface area contributed by atoms with Crippen LogP contribution in [0.4, 0.5) is 5.69 Å². The summed E-state index contributed by atoms with van der Waals surface area (Å²) in [7, 11) is -3.40. The Bertz CT molecular complexity index is 1010. The van der Waals surface area contributed by atoms with Gasteiger partial charge in [-0.3, -0.25) is 4.79 Å². The molecule has 0 bridgehead atoms. The Morgan fingerprint density at radius 3 is 2.37 bits per heavy atom. The van der Waals surface area contributed by atoms with E-state index in [4.69, 9.17) is 0 Å². The number of hydrogen-bond donors (Lipinski definition) is 0. The maximum absolute atomic E-state index is 13.0. The average molecular weight is 405 g/mol. The van der Waals surface area contributed by atoms with Crippen molar-refractivity contribution in [2.75, 3.05) is 31.1 Å². The number of benzene rings is 2. The molecule has 0 spiro atoms. The van der Waals surface area contributed by atoms with Crippen LogP contribution in [0, 0.1) is 6.92 Å². The van der Waals surface area contributed by atoms with Crippen molar-refractivity contribution >= 4 is 39.9 Å². The van der Waals surface area contributed by atoms with Gasteiger partial charge in [-0.25, -0.2) is 8.42 Å². The summed E-state index contributed by atoms with van der Waals surface area (Å²) < 4.78 is 24.0. The van der Waals surface area contributed by atoms with Crippen molar-refractivity contribution in [3.05, 3.63) is 64.6 Å². The van der Waals surface area contributed by atoms with Crippen LogP contribution in [-0.4, -0.2) is 45.4 Å². The molecule has 0 aromatic heterocycles. The minimum atomic E-state index is -3.40. The zero-order chi connectivity index (χ0) is 18.3. The number of amides is 1. The average Bonchev–Trinajstić information content (AvgIpc) is 2.97. The van der Waals surface area contributed by atoms with Gasteiger partial charge in [0.15, 0.2) is 9.84 Å². The van der Waals surface area contributed by atoms with Crippen LogP contribution in [0.15, 0.2) is 52.8 Å². The third-order valence-corrected chi connectivity index (χ3v) is 6.50. The summed E-state index contributed by atoms with van der Waals surface area (Å²) in [6.45, 7) is 4.85. The van der Waals surface area contributed by atoms with Crippen LogP contribution in [0.3, 0.4) is 0 Å². The second-order valence-electron chi connectivity index (χ2n) is 6.63. The summed E-state index contributed by atoms with van der Waals surface area (Å²) in [5.41, 5.74) is 3.40. The van der Waals surface area contributed by atoms with E-state index in [1.54, 1.807) is 18.2 Å². The molecule has 0 unspecified atom stereocenters. The van der Waals surface area contributed by atoms with Crippen molar-refractivity contribution in [1.29, 1.82) is 0 Å². The van der Waals surface area contributed by atoms with E-state index in [-0.39, 0.29) is 23.2 Å². The van der Waals surface area contributed by atoms with Crippen LogP contribution >= 0.6 is 12.4 Å². The topological polar surface area (TPSA) is 57.7 Å². The zero-order valence-corrected chi connectivity index (χ0v) is 16.6. The Labute approximate surface area is 165 Å². The van der Waals surface area contributed by atoms with Crippen molar-refractivity contribution in [1.82, 2.24) is 4.90 Å². The molecule has 0 N–H and O–H groups in total. The van der Waals surface area contributed by atoms with Gasteiger partial charge in [-0.15, -0.1) is 12.4 Å². The van der Waals surface area contributed by atoms with Crippen molar-refractivity contribution in [3.63, 3.8) is 0 Å². The normalized spacial score (nSPS) is 17.4. The number of halogens is 1. The van der Waals surface area contributed by atoms with Crippen LogP contribution < -0.4 is 4.90 Å². The highest BCUT2D eigenvalue weighted by Gasteiger charge is 2.29. The number of para-hydroxylation sites is 1. The number of carbonyl (C=O) groups is 1. The summed E-state index contributed by atoms with van der Waals surface area (Å²) in [5, 5.41) is 1.17. The predicted molar refractivity (Wildman–Crippen MR) is 109 cm³/mol. The summed E-state index contributed by atoms with van der Waals surface area (Å²) in [6.07, 6.45) is 1.53. The van der Waals surface area contributed by atoms with Crippen molar-refractivity contribution in [3.8, 4) is 0 Å². The molecule has 1 saturated heterocycles. The molecule has 0 atom stereocenters. The van der Waals surface area contributed by atoms with Crippen LogP contribution in [0.2, 0.25) is 0 Å². The molecule has 2 aliphatic rings. The van der Waals surface area contributed by atoms with Gasteiger partial charge >= 0.3 is 0 Å². The van der Waals surface area contributed by atoms with Gasteiger partial charge in [0.1, 0.15) is 0 Å². The first-order chi connectivity index (χ1) is 12.5. The molecule has 1 amide bonds. The Morgan fingerprint density at radius 1 is 0.963 bits per heavy atom. The molecule has 7 heteroatoms. The summed E-state index contributed by atoms with van der Waals surface area (Å²) in [4.78, 5) is 17.3. The fourth-order valence-corrected chi connectivity index (χ4v) is 4.84. The first-order valence-electron chi connectivity index (χ1n) is 8.63. The van der Waals surface area contributed by atoms with E-state index in [2.05, 4.69) is 24.0 Å². The lowest BCUT2D eigenvalue weighted by atomic mass is 10.1. The Hall–Kier alpha value is -2.31. The SMILES string of the molecule is Cc1ccccc1N1CCN(C(=O)c2cccc3c2C=CS3(=O)=O)CC1.Cl. The lowest BCUT2D eigenvalue weighted by Crippen LogP contribution is -2.49. The van der Waals surface area contributed by atoms with Crippen LogP contribution in [0.25, 0.3) is 6.08 Å². The van der Waals surface area contributed by atoms with Gasteiger partial charge < -0.3 is 9.80 Å². The second kappa shape index (κ2) is 7.37. The molecular formula is C20H21ClN2O3S. The molecular weight excluding hydrogens is 384 g/mol. The summed E-state index contributed by atoms with van der Waals surface area (Å²) in [6, 6.07) is 13.1. The predicted octanol–water partition coefficient (Wildman–Crippen LogP) is 3.14. The molecule has 4 rings (SSSR count). The van der Waals surface area contributed by atoms with Gasteiger partial charge in [0.05, 0.1) is 4.90 Å². The van der Waals surface area contributed by atoms with Gasteiger partial charge in [0.25, 0.3) is 5.91 Å². The quantitative estimate of drug-likeness (QED) is 0.771. The third-order valence-electron chi connectivity index (χ3n) is 5.04. The minimum Gasteiger partial charge on any atom is -0.368 e. The number of piperazine rings is 1. The summed E-state index contributed by atoms with van der Waals surface area (Å²) in [5.74, 6) is -0.104. The highest BCUT2D eigenvalue weighted by atomic mass is 35.5. The number of carbonyl (C=O) groups excluding carboxylic acids is 1.